The zero-order valence-electron chi connectivity index (χ0n) is 5.51. The van der Waals surface area contributed by atoms with Crippen molar-refractivity contribution in [2.24, 2.45) is 0 Å². The molecule has 0 heterocycles. The second-order valence-electron chi connectivity index (χ2n) is 1.56. The molecule has 0 saturated carbocycles. The van der Waals surface area contributed by atoms with Gasteiger partial charge in [0.15, 0.2) is 0 Å². The highest BCUT2D eigenvalue weighted by atomic mass is 31.1. The molecule has 1 amide bonds. The van der Waals surface area contributed by atoms with E-state index in [2.05, 4.69) is 4.52 Å². The molecule has 0 aliphatic rings. The Hall–Kier alpha value is -0.590. The Morgan fingerprint density at radius 3 is 2.42 bits per heavy atom. The van der Waals surface area contributed by atoms with Gasteiger partial charge in [-0.05, 0) is 0 Å². The Morgan fingerprint density at radius 2 is 2.08 bits per heavy atom. The first-order valence-electron chi connectivity index (χ1n) is 2.55. The summed E-state index contributed by atoms with van der Waals surface area (Å²) in [4.78, 5) is 17.9. The molecule has 0 fully saturated rings. The number of amides is 1. The summed E-state index contributed by atoms with van der Waals surface area (Å²) in [6.45, 7) is -0.938. The van der Waals surface area contributed by atoms with Crippen LogP contribution in [0.2, 0.25) is 0 Å². The van der Waals surface area contributed by atoms with Crippen molar-refractivity contribution in [2.45, 2.75) is 6.18 Å². The van der Waals surface area contributed by atoms with Gasteiger partial charge in [-0.2, -0.15) is 13.2 Å². The van der Waals surface area contributed by atoms with E-state index in [4.69, 9.17) is 4.89 Å². The van der Waals surface area contributed by atoms with Crippen molar-refractivity contribution in [2.75, 3.05) is 6.73 Å². The summed E-state index contributed by atoms with van der Waals surface area (Å²) >= 11 is 0. The normalized spacial score (nSPS) is 14.0. The molecule has 9 heteroatoms. The molecule has 5 nitrogen and oxygen atoms in total. The first kappa shape index (κ1) is 11.4. The summed E-state index contributed by atoms with van der Waals surface area (Å²) in [5.74, 6) is -2.22. The van der Waals surface area contributed by atoms with Crippen LogP contribution >= 0.6 is 8.25 Å². The zero-order chi connectivity index (χ0) is 9.78. The van der Waals surface area contributed by atoms with Crippen molar-refractivity contribution in [3.63, 3.8) is 0 Å². The van der Waals surface area contributed by atoms with E-state index in [0.29, 0.717) is 0 Å². The Bertz CT molecular complexity index is 192. The summed E-state index contributed by atoms with van der Waals surface area (Å²) in [6.07, 6.45) is -5.01. The maximum atomic E-state index is 11.4. The van der Waals surface area contributed by atoms with E-state index in [9.17, 15) is 22.5 Å². The lowest BCUT2D eigenvalue weighted by Crippen LogP contribution is -2.37. The molecule has 0 spiro atoms. The van der Waals surface area contributed by atoms with Gasteiger partial charge in [0.25, 0.3) is 0 Å². The third-order valence-corrected chi connectivity index (χ3v) is 1.08. The van der Waals surface area contributed by atoms with Crippen LogP contribution < -0.4 is 5.32 Å². The Labute approximate surface area is 65.5 Å². The standard InChI is InChI=1S/C3H5F3NO4P/c4-3(5,6)2(8)7-1-11-12(9)10/h12H,1H2,(H,7,8)(H,9,10). The number of hydrogen-bond donors (Lipinski definition) is 2. The first-order valence-corrected chi connectivity index (χ1v) is 3.81. The topological polar surface area (TPSA) is 75.6 Å². The molecule has 1 atom stereocenters. The zero-order valence-corrected chi connectivity index (χ0v) is 6.51. The lowest BCUT2D eigenvalue weighted by molar-refractivity contribution is -0.174. The third kappa shape index (κ3) is 5.11. The Morgan fingerprint density at radius 1 is 1.58 bits per heavy atom. The highest BCUT2D eigenvalue weighted by Crippen LogP contribution is 2.15. The minimum Gasteiger partial charge on any atom is -0.326 e. The second kappa shape index (κ2) is 4.44. The highest BCUT2D eigenvalue weighted by molar-refractivity contribution is 7.32. The predicted octanol–water partition coefficient (Wildman–Crippen LogP) is 0.0210. The molecule has 0 aromatic carbocycles. The van der Waals surface area contributed by atoms with E-state index in [1.807, 2.05) is 0 Å². The van der Waals surface area contributed by atoms with Gasteiger partial charge in [-0.1, -0.05) is 0 Å². The van der Waals surface area contributed by atoms with Gasteiger partial charge in [0.1, 0.15) is 6.73 Å². The average Bonchev–Trinajstić information content (AvgIpc) is 1.84. The van der Waals surface area contributed by atoms with Crippen LogP contribution in [0.1, 0.15) is 0 Å². The molecule has 0 radical (unpaired) electrons. The molecule has 0 aromatic heterocycles. The van der Waals surface area contributed by atoms with Gasteiger partial charge in [-0.25, -0.2) is 0 Å². The number of halogens is 3. The molecule has 2 N–H and O–H groups in total. The maximum absolute atomic E-state index is 11.4. The van der Waals surface area contributed by atoms with E-state index < -0.39 is 27.1 Å². The predicted molar refractivity (Wildman–Crippen MR) is 31.4 cm³/mol. The van der Waals surface area contributed by atoms with Gasteiger partial charge in [-0.3, -0.25) is 13.9 Å². The van der Waals surface area contributed by atoms with Gasteiger partial charge in [-0.15, -0.1) is 0 Å². The lowest BCUT2D eigenvalue weighted by atomic mass is 10.6. The first-order chi connectivity index (χ1) is 5.34. The molecule has 1 unspecified atom stereocenters. The largest absolute Gasteiger partial charge is 0.471 e. The fourth-order valence-electron chi connectivity index (χ4n) is 0.264. The fourth-order valence-corrected chi connectivity index (χ4v) is 0.459. The van der Waals surface area contributed by atoms with E-state index in [0.717, 1.165) is 0 Å². The molecule has 0 rings (SSSR count). The van der Waals surface area contributed by atoms with Crippen molar-refractivity contribution in [1.82, 2.24) is 5.32 Å². The monoisotopic (exact) mass is 207 g/mol. The van der Waals surface area contributed by atoms with Gasteiger partial charge >= 0.3 is 20.3 Å². The second-order valence-corrected chi connectivity index (χ2v) is 2.38. The van der Waals surface area contributed by atoms with E-state index in [-0.39, 0.29) is 0 Å². The third-order valence-electron chi connectivity index (χ3n) is 0.686. The number of rotatable bonds is 3. The summed E-state index contributed by atoms with van der Waals surface area (Å²) in [6, 6.07) is 0. The van der Waals surface area contributed by atoms with Crippen LogP contribution in [0.25, 0.3) is 0 Å². The summed E-state index contributed by atoms with van der Waals surface area (Å²) < 4.78 is 47.7. The van der Waals surface area contributed by atoms with Crippen molar-refractivity contribution < 1.29 is 31.9 Å². The van der Waals surface area contributed by atoms with Crippen molar-refractivity contribution in [3.05, 3.63) is 0 Å². The van der Waals surface area contributed by atoms with Crippen molar-refractivity contribution in [1.29, 1.82) is 0 Å². The molecule has 12 heavy (non-hydrogen) atoms. The highest BCUT2D eigenvalue weighted by Gasteiger charge is 2.38. The molecular weight excluding hydrogens is 202 g/mol. The molecule has 0 saturated heterocycles. The quantitative estimate of drug-likeness (QED) is 0.505. The van der Waals surface area contributed by atoms with Gasteiger partial charge in [0.2, 0.25) is 0 Å². The lowest BCUT2D eigenvalue weighted by Gasteiger charge is -2.06. The van der Waals surface area contributed by atoms with Crippen LogP contribution in [0, 0.1) is 0 Å². The number of alkyl halides is 3. The summed E-state index contributed by atoms with van der Waals surface area (Å²) in [7, 11) is -3.31. The Balaban J connectivity index is 3.66. The van der Waals surface area contributed by atoms with Gasteiger partial charge in [0, 0.05) is 0 Å². The number of carbonyl (C=O) groups is 1. The SMILES string of the molecule is O=C(NCO[PH](=O)O)C(F)(F)F. The van der Waals surface area contributed by atoms with Crippen molar-refractivity contribution >= 4 is 14.2 Å². The van der Waals surface area contributed by atoms with E-state index >= 15 is 0 Å². The fraction of sp³-hybridized carbons (Fsp3) is 0.667. The maximum Gasteiger partial charge on any atom is 0.471 e. The molecule has 72 valence electrons. The number of carbonyl (C=O) groups excluding carboxylic acids is 1. The summed E-state index contributed by atoms with van der Waals surface area (Å²) in [5.41, 5.74) is 0. The van der Waals surface area contributed by atoms with Crippen LogP contribution in [-0.4, -0.2) is 23.7 Å². The smallest absolute Gasteiger partial charge is 0.326 e. The molecule has 0 aliphatic heterocycles. The average molecular weight is 207 g/mol. The molecular formula is C3H5F3NO4P. The van der Waals surface area contributed by atoms with Crippen LogP contribution in [0.15, 0.2) is 0 Å². The minimum absolute atomic E-state index is 0.938. The van der Waals surface area contributed by atoms with Crippen LogP contribution in [0.3, 0.4) is 0 Å². The number of nitrogens with one attached hydrogen (secondary N) is 1. The van der Waals surface area contributed by atoms with Crippen LogP contribution in [-0.2, 0) is 13.9 Å². The minimum atomic E-state index is -5.01. The molecule has 0 aliphatic carbocycles. The van der Waals surface area contributed by atoms with Crippen molar-refractivity contribution in [3.8, 4) is 0 Å². The molecule has 0 bridgehead atoms. The van der Waals surface area contributed by atoms with E-state index in [1.165, 1.54) is 5.32 Å². The Kier molecular flexibility index (Phi) is 4.22. The van der Waals surface area contributed by atoms with Gasteiger partial charge < -0.3 is 10.2 Å². The summed E-state index contributed by atoms with van der Waals surface area (Å²) in [5, 5.41) is 1.23. The van der Waals surface area contributed by atoms with Crippen LogP contribution in [0.4, 0.5) is 13.2 Å². The molecule has 0 aromatic rings. The number of hydrogen-bond acceptors (Lipinski definition) is 3. The van der Waals surface area contributed by atoms with Gasteiger partial charge in [0.05, 0.1) is 0 Å². The van der Waals surface area contributed by atoms with Crippen LogP contribution in [0.5, 0.6) is 0 Å². The van der Waals surface area contributed by atoms with E-state index in [1.54, 1.807) is 0 Å².